The van der Waals surface area contributed by atoms with E-state index in [-0.39, 0.29) is 41.3 Å². The number of anilines is 1. The number of hydrogen-bond acceptors (Lipinski definition) is 8. The molecule has 0 spiro atoms. The van der Waals surface area contributed by atoms with E-state index < -0.39 is 12.1 Å². The Morgan fingerprint density at radius 3 is 2.57 bits per heavy atom. The third-order valence-corrected chi connectivity index (χ3v) is 5.91. The quantitative estimate of drug-likeness (QED) is 0.383. The number of nitrogens with one attached hydrogen (secondary N) is 1. The van der Waals surface area contributed by atoms with Gasteiger partial charge in [0, 0.05) is 13.1 Å². The number of hydrogen-bond donors (Lipinski definition) is 2. The largest absolute Gasteiger partial charge is 0.464 e. The number of hydrazine groups is 1. The van der Waals surface area contributed by atoms with Gasteiger partial charge in [0.2, 0.25) is 5.82 Å². The molecule has 2 aromatic heterocycles. The lowest BCUT2D eigenvalue weighted by Gasteiger charge is -2.38. The third kappa shape index (κ3) is 6.36. The Labute approximate surface area is 205 Å². The number of carbonyl (C=O) groups excluding carboxylic acids is 1. The van der Waals surface area contributed by atoms with Gasteiger partial charge < -0.3 is 15.3 Å². The Hall–Kier alpha value is -3.46. The fraction of sp³-hybridized carbons (Fsp3) is 0.652. The van der Waals surface area contributed by atoms with E-state index in [9.17, 15) is 20.0 Å². The lowest BCUT2D eigenvalue weighted by molar-refractivity contribution is 0.126. The van der Waals surface area contributed by atoms with Crippen molar-refractivity contribution in [2.75, 3.05) is 38.7 Å². The molecule has 0 radical (unpaired) electrons. The van der Waals surface area contributed by atoms with Crippen molar-refractivity contribution in [3.63, 3.8) is 0 Å². The SMILES string of the molecule is CC(C)CN(C(=O)O)N(c1nc(C#N)nc2c1ncn2C(=O)NCCCCN(C)C)C1CCCC1. The molecule has 0 unspecified atom stereocenters. The molecule has 12 nitrogen and oxygen atoms in total. The van der Waals surface area contributed by atoms with E-state index in [1.165, 1.54) is 15.9 Å². The standard InChI is InChI=1S/C23H35N9O3/c1-16(2)14-31(23(34)35)32(17-9-5-6-10-17)21-19-20(27-18(13-24)28-21)30(15-26-19)22(33)25-11-7-8-12-29(3)4/h15-17H,5-12,14H2,1-4H3,(H,25,33)(H,34,35). The number of fused-ring (bicyclic) bond motifs is 1. The molecular formula is C23H35N9O3. The van der Waals surface area contributed by atoms with Crippen molar-refractivity contribution in [3.05, 3.63) is 12.2 Å². The first-order chi connectivity index (χ1) is 16.7. The van der Waals surface area contributed by atoms with E-state index in [1.807, 2.05) is 34.0 Å². The van der Waals surface area contributed by atoms with Crippen molar-refractivity contribution >= 4 is 29.1 Å². The van der Waals surface area contributed by atoms with Crippen molar-refractivity contribution in [1.82, 2.24) is 34.7 Å². The lowest BCUT2D eigenvalue weighted by Crippen LogP contribution is -2.52. The smallest absolute Gasteiger partial charge is 0.426 e. The summed E-state index contributed by atoms with van der Waals surface area (Å²) < 4.78 is 1.26. The molecule has 1 saturated carbocycles. The second-order valence-corrected chi connectivity index (χ2v) is 9.55. The number of amides is 2. The molecule has 1 fully saturated rings. The summed E-state index contributed by atoms with van der Waals surface area (Å²) in [5, 5.41) is 25.5. The van der Waals surface area contributed by atoms with Gasteiger partial charge in [-0.15, -0.1) is 0 Å². The van der Waals surface area contributed by atoms with Crippen molar-refractivity contribution in [3.8, 4) is 6.07 Å². The Morgan fingerprint density at radius 2 is 1.97 bits per heavy atom. The number of imidazole rings is 1. The van der Waals surface area contributed by atoms with Crippen LogP contribution in [0, 0.1) is 17.2 Å². The molecule has 12 heteroatoms. The van der Waals surface area contributed by atoms with Gasteiger partial charge in [-0.3, -0.25) is 5.01 Å². The summed E-state index contributed by atoms with van der Waals surface area (Å²) in [5.74, 6) is 0.156. The summed E-state index contributed by atoms with van der Waals surface area (Å²) in [7, 11) is 4.00. The summed E-state index contributed by atoms with van der Waals surface area (Å²) >= 11 is 0. The van der Waals surface area contributed by atoms with Crippen molar-refractivity contribution in [2.24, 2.45) is 5.92 Å². The van der Waals surface area contributed by atoms with Crippen LogP contribution in [0.1, 0.15) is 58.2 Å². The zero-order chi connectivity index (χ0) is 25.5. The topological polar surface area (TPSA) is 144 Å². The number of nitrogens with zero attached hydrogens (tertiary/aromatic N) is 8. The Balaban J connectivity index is 1.99. The molecular weight excluding hydrogens is 450 g/mol. The number of aromatic nitrogens is 4. The van der Waals surface area contributed by atoms with Gasteiger partial charge in [0.15, 0.2) is 17.0 Å². The van der Waals surface area contributed by atoms with Crippen molar-refractivity contribution in [2.45, 2.75) is 58.4 Å². The molecule has 0 atom stereocenters. The molecule has 0 bridgehead atoms. The fourth-order valence-corrected chi connectivity index (χ4v) is 4.31. The van der Waals surface area contributed by atoms with Crippen LogP contribution in [-0.2, 0) is 0 Å². The molecule has 0 saturated heterocycles. The van der Waals surface area contributed by atoms with Gasteiger partial charge in [-0.1, -0.05) is 26.7 Å². The fourth-order valence-electron chi connectivity index (χ4n) is 4.31. The zero-order valence-corrected chi connectivity index (χ0v) is 20.9. The van der Waals surface area contributed by atoms with Crippen LogP contribution < -0.4 is 10.3 Å². The maximum Gasteiger partial charge on any atom is 0.426 e. The first-order valence-corrected chi connectivity index (χ1v) is 12.1. The zero-order valence-electron chi connectivity index (χ0n) is 20.9. The molecule has 2 heterocycles. The van der Waals surface area contributed by atoms with Crippen LogP contribution in [0.15, 0.2) is 6.33 Å². The highest BCUT2D eigenvalue weighted by atomic mass is 16.4. The van der Waals surface area contributed by atoms with E-state index >= 15 is 0 Å². The normalized spacial score (nSPS) is 14.0. The van der Waals surface area contributed by atoms with Crippen LogP contribution in [-0.4, -0.2) is 86.4 Å². The average Bonchev–Trinajstić information content (AvgIpc) is 3.47. The van der Waals surface area contributed by atoms with Gasteiger partial charge in [0.05, 0.1) is 6.04 Å². The van der Waals surface area contributed by atoms with Gasteiger partial charge in [0.1, 0.15) is 12.4 Å². The highest BCUT2D eigenvalue weighted by Gasteiger charge is 2.35. The van der Waals surface area contributed by atoms with Crippen LogP contribution in [0.25, 0.3) is 11.2 Å². The van der Waals surface area contributed by atoms with Crippen LogP contribution in [0.5, 0.6) is 0 Å². The van der Waals surface area contributed by atoms with Gasteiger partial charge in [-0.05, 0) is 52.2 Å². The maximum atomic E-state index is 12.9. The molecule has 2 amide bonds. The van der Waals surface area contributed by atoms with Crippen LogP contribution in [0.2, 0.25) is 0 Å². The molecule has 1 aliphatic rings. The summed E-state index contributed by atoms with van der Waals surface area (Å²) in [6.45, 7) is 5.56. The minimum atomic E-state index is -1.11. The van der Waals surface area contributed by atoms with E-state index in [0.717, 1.165) is 45.1 Å². The van der Waals surface area contributed by atoms with Crippen LogP contribution in [0.4, 0.5) is 15.4 Å². The number of carbonyl (C=O) groups is 2. The predicted molar refractivity (Wildman–Crippen MR) is 131 cm³/mol. The highest BCUT2D eigenvalue weighted by molar-refractivity contribution is 5.92. The molecule has 3 rings (SSSR count). The van der Waals surface area contributed by atoms with Gasteiger partial charge in [-0.2, -0.15) is 15.2 Å². The Bertz CT molecular complexity index is 1070. The second kappa shape index (κ2) is 11.8. The number of nitriles is 1. The third-order valence-electron chi connectivity index (χ3n) is 5.91. The Morgan fingerprint density at radius 1 is 1.26 bits per heavy atom. The maximum absolute atomic E-state index is 12.9. The molecule has 1 aliphatic carbocycles. The van der Waals surface area contributed by atoms with E-state index in [0.29, 0.717) is 6.54 Å². The van der Waals surface area contributed by atoms with Gasteiger partial charge in [-0.25, -0.2) is 24.1 Å². The summed E-state index contributed by atoms with van der Waals surface area (Å²) in [6, 6.07) is 1.43. The summed E-state index contributed by atoms with van der Waals surface area (Å²) in [6.07, 6.45) is 5.54. The summed E-state index contributed by atoms with van der Waals surface area (Å²) in [5.41, 5.74) is 0.462. The van der Waals surface area contributed by atoms with E-state index in [4.69, 9.17) is 0 Å². The molecule has 190 valence electrons. The first-order valence-electron chi connectivity index (χ1n) is 12.1. The number of rotatable bonds is 10. The molecule has 0 aromatic carbocycles. The highest BCUT2D eigenvalue weighted by Crippen LogP contribution is 2.33. The van der Waals surface area contributed by atoms with Gasteiger partial charge >= 0.3 is 12.1 Å². The van der Waals surface area contributed by atoms with Crippen molar-refractivity contribution in [1.29, 1.82) is 5.26 Å². The lowest BCUT2D eigenvalue weighted by atomic mass is 10.2. The summed E-state index contributed by atoms with van der Waals surface area (Å²) in [4.78, 5) is 40.3. The predicted octanol–water partition coefficient (Wildman–Crippen LogP) is 2.90. The molecule has 2 N–H and O–H groups in total. The van der Waals surface area contributed by atoms with Gasteiger partial charge in [0.25, 0.3) is 0 Å². The first kappa shape index (κ1) is 26.2. The van der Waals surface area contributed by atoms with E-state index in [2.05, 4.69) is 25.2 Å². The second-order valence-electron chi connectivity index (χ2n) is 9.55. The van der Waals surface area contributed by atoms with Crippen LogP contribution in [0.3, 0.4) is 0 Å². The minimum Gasteiger partial charge on any atom is -0.464 e. The average molecular weight is 486 g/mol. The molecule has 0 aliphatic heterocycles. The monoisotopic (exact) mass is 485 g/mol. The number of unbranched alkanes of at least 4 members (excludes halogenated alkanes) is 1. The van der Waals surface area contributed by atoms with Crippen LogP contribution >= 0.6 is 0 Å². The molecule has 2 aromatic rings. The minimum absolute atomic E-state index is 0.0681. The van der Waals surface area contributed by atoms with Crippen molar-refractivity contribution < 1.29 is 14.7 Å². The Kier molecular flexibility index (Phi) is 8.81. The molecule has 35 heavy (non-hydrogen) atoms. The van der Waals surface area contributed by atoms with E-state index in [1.54, 1.807) is 5.01 Å². The number of carboxylic acid groups (broad SMARTS) is 1.